The van der Waals surface area contributed by atoms with Crippen molar-refractivity contribution in [3.8, 4) is 0 Å². The molecule has 0 aromatic heterocycles. The van der Waals surface area contributed by atoms with Crippen molar-refractivity contribution in [3.63, 3.8) is 0 Å². The fourth-order valence-electron chi connectivity index (χ4n) is 1.90. The van der Waals surface area contributed by atoms with Gasteiger partial charge in [-0.15, -0.1) is 0 Å². The van der Waals surface area contributed by atoms with Crippen LogP contribution in [0, 0.1) is 6.92 Å². The minimum Gasteiger partial charge on any atom is -0.371 e. The van der Waals surface area contributed by atoms with Crippen molar-refractivity contribution in [1.29, 1.82) is 0 Å². The summed E-state index contributed by atoms with van der Waals surface area (Å²) in [7, 11) is 0. The monoisotopic (exact) mass is 220 g/mol. The van der Waals surface area contributed by atoms with Crippen LogP contribution in [-0.4, -0.2) is 19.6 Å². The van der Waals surface area contributed by atoms with E-state index in [4.69, 9.17) is 5.73 Å². The smallest absolute Gasteiger partial charge is 0.0395 e. The first-order valence-corrected chi connectivity index (χ1v) is 6.30. The number of nitrogens with two attached hydrogens (primary N) is 1. The van der Waals surface area contributed by atoms with Gasteiger partial charge in [0.25, 0.3) is 0 Å². The fourth-order valence-corrected chi connectivity index (χ4v) is 1.90. The Bertz CT molecular complexity index is 289. The van der Waals surface area contributed by atoms with Crippen molar-refractivity contribution >= 4 is 5.69 Å². The highest BCUT2D eigenvalue weighted by molar-refractivity contribution is 5.52. The predicted molar refractivity (Wildman–Crippen MR) is 72.0 cm³/mol. The molecule has 0 heterocycles. The van der Waals surface area contributed by atoms with Gasteiger partial charge in [-0.05, 0) is 37.9 Å². The van der Waals surface area contributed by atoms with Crippen molar-refractivity contribution in [3.05, 3.63) is 29.8 Å². The second-order valence-electron chi connectivity index (χ2n) is 4.27. The molecule has 0 aliphatic rings. The molecule has 16 heavy (non-hydrogen) atoms. The van der Waals surface area contributed by atoms with Gasteiger partial charge >= 0.3 is 0 Å². The van der Waals surface area contributed by atoms with E-state index in [1.54, 1.807) is 0 Å². The summed E-state index contributed by atoms with van der Waals surface area (Å²) in [6.45, 7) is 7.40. The second-order valence-corrected chi connectivity index (χ2v) is 4.27. The Hall–Kier alpha value is -1.02. The van der Waals surface area contributed by atoms with Crippen LogP contribution < -0.4 is 10.6 Å². The van der Waals surface area contributed by atoms with Crippen LogP contribution in [0.5, 0.6) is 0 Å². The summed E-state index contributed by atoms with van der Waals surface area (Å²) in [4.78, 5) is 2.46. The lowest BCUT2D eigenvalue weighted by molar-refractivity contribution is 0.688. The van der Waals surface area contributed by atoms with E-state index in [1.165, 1.54) is 24.1 Å². The van der Waals surface area contributed by atoms with Gasteiger partial charge in [-0.25, -0.2) is 0 Å². The molecule has 1 rings (SSSR count). The Morgan fingerprint density at radius 1 is 1.12 bits per heavy atom. The maximum absolute atomic E-state index is 5.59. The molecule has 0 aliphatic carbocycles. The van der Waals surface area contributed by atoms with Gasteiger partial charge in [0.15, 0.2) is 0 Å². The van der Waals surface area contributed by atoms with Gasteiger partial charge in [-0.1, -0.05) is 31.5 Å². The molecular weight excluding hydrogens is 196 g/mol. The van der Waals surface area contributed by atoms with Crippen LogP contribution in [0.4, 0.5) is 5.69 Å². The van der Waals surface area contributed by atoms with E-state index >= 15 is 0 Å². The van der Waals surface area contributed by atoms with Crippen molar-refractivity contribution in [2.45, 2.75) is 33.1 Å². The van der Waals surface area contributed by atoms with Crippen molar-refractivity contribution in [1.82, 2.24) is 0 Å². The molecule has 1 aromatic rings. The number of unbranched alkanes of at least 4 members (excludes halogenated alkanes) is 1. The molecule has 2 N–H and O–H groups in total. The van der Waals surface area contributed by atoms with Gasteiger partial charge in [0.2, 0.25) is 0 Å². The Balaban J connectivity index is 2.70. The third-order valence-corrected chi connectivity index (χ3v) is 2.87. The van der Waals surface area contributed by atoms with Gasteiger partial charge in [0, 0.05) is 18.8 Å². The molecule has 0 atom stereocenters. The quantitative estimate of drug-likeness (QED) is 0.765. The summed E-state index contributed by atoms with van der Waals surface area (Å²) >= 11 is 0. The predicted octanol–water partition coefficient (Wildman–Crippen LogP) is 2.95. The van der Waals surface area contributed by atoms with E-state index in [0.717, 1.165) is 26.1 Å². The molecule has 2 heteroatoms. The number of hydrogen-bond acceptors (Lipinski definition) is 2. The SMILES string of the molecule is CCCCN(CCCN)c1ccccc1C. The van der Waals surface area contributed by atoms with Crippen molar-refractivity contribution in [2.24, 2.45) is 5.73 Å². The van der Waals surface area contributed by atoms with Gasteiger partial charge in [-0.3, -0.25) is 0 Å². The highest BCUT2D eigenvalue weighted by atomic mass is 15.1. The van der Waals surface area contributed by atoms with Gasteiger partial charge in [0.05, 0.1) is 0 Å². The van der Waals surface area contributed by atoms with Crippen LogP contribution in [0.3, 0.4) is 0 Å². The van der Waals surface area contributed by atoms with Crippen LogP contribution in [0.15, 0.2) is 24.3 Å². The van der Waals surface area contributed by atoms with E-state index < -0.39 is 0 Å². The van der Waals surface area contributed by atoms with Crippen LogP contribution >= 0.6 is 0 Å². The molecule has 0 spiro atoms. The number of benzene rings is 1. The molecule has 0 unspecified atom stereocenters. The van der Waals surface area contributed by atoms with Gasteiger partial charge in [0.1, 0.15) is 0 Å². The summed E-state index contributed by atoms with van der Waals surface area (Å²) in [6, 6.07) is 8.60. The normalized spacial score (nSPS) is 10.4. The Morgan fingerprint density at radius 3 is 2.44 bits per heavy atom. The number of nitrogens with zero attached hydrogens (tertiary/aromatic N) is 1. The van der Waals surface area contributed by atoms with Gasteiger partial charge in [-0.2, -0.15) is 0 Å². The molecule has 90 valence electrons. The third-order valence-electron chi connectivity index (χ3n) is 2.87. The number of rotatable bonds is 7. The zero-order chi connectivity index (χ0) is 11.8. The average Bonchev–Trinajstić information content (AvgIpc) is 2.31. The second kappa shape index (κ2) is 7.29. The van der Waals surface area contributed by atoms with E-state index in [-0.39, 0.29) is 0 Å². The van der Waals surface area contributed by atoms with Crippen LogP contribution in [0.1, 0.15) is 31.7 Å². The van der Waals surface area contributed by atoms with E-state index in [2.05, 4.69) is 43.0 Å². The molecular formula is C14H24N2. The first-order chi connectivity index (χ1) is 7.79. The van der Waals surface area contributed by atoms with E-state index in [1.807, 2.05) is 0 Å². The molecule has 1 aromatic carbocycles. The third kappa shape index (κ3) is 3.86. The summed E-state index contributed by atoms with van der Waals surface area (Å²) in [5, 5.41) is 0. The highest BCUT2D eigenvalue weighted by Gasteiger charge is 2.07. The fraction of sp³-hybridized carbons (Fsp3) is 0.571. The van der Waals surface area contributed by atoms with E-state index in [0.29, 0.717) is 0 Å². The molecule has 0 bridgehead atoms. The molecule has 0 radical (unpaired) electrons. The van der Waals surface area contributed by atoms with Gasteiger partial charge < -0.3 is 10.6 Å². The van der Waals surface area contributed by atoms with E-state index in [9.17, 15) is 0 Å². The van der Waals surface area contributed by atoms with Crippen LogP contribution in [-0.2, 0) is 0 Å². The molecule has 0 aliphatic heterocycles. The summed E-state index contributed by atoms with van der Waals surface area (Å²) < 4.78 is 0. The first-order valence-electron chi connectivity index (χ1n) is 6.30. The summed E-state index contributed by atoms with van der Waals surface area (Å²) in [5.74, 6) is 0. The zero-order valence-electron chi connectivity index (χ0n) is 10.6. The Labute approximate surface area is 99.5 Å². The molecule has 0 fully saturated rings. The zero-order valence-corrected chi connectivity index (χ0v) is 10.6. The lowest BCUT2D eigenvalue weighted by Gasteiger charge is -2.26. The van der Waals surface area contributed by atoms with Crippen LogP contribution in [0.2, 0.25) is 0 Å². The Morgan fingerprint density at radius 2 is 1.81 bits per heavy atom. The van der Waals surface area contributed by atoms with Crippen molar-refractivity contribution in [2.75, 3.05) is 24.5 Å². The highest BCUT2D eigenvalue weighted by Crippen LogP contribution is 2.19. The topological polar surface area (TPSA) is 29.3 Å². The maximum Gasteiger partial charge on any atom is 0.0395 e. The molecule has 0 amide bonds. The van der Waals surface area contributed by atoms with Crippen molar-refractivity contribution < 1.29 is 0 Å². The minimum absolute atomic E-state index is 0.772. The Kier molecular flexibility index (Phi) is 5.94. The number of aryl methyl sites for hydroxylation is 1. The summed E-state index contributed by atoms with van der Waals surface area (Å²) in [5.41, 5.74) is 8.32. The average molecular weight is 220 g/mol. The summed E-state index contributed by atoms with van der Waals surface area (Å²) in [6.07, 6.45) is 3.56. The largest absolute Gasteiger partial charge is 0.371 e. The number of anilines is 1. The van der Waals surface area contributed by atoms with Crippen LogP contribution in [0.25, 0.3) is 0 Å². The molecule has 0 saturated heterocycles. The molecule has 0 saturated carbocycles. The lowest BCUT2D eigenvalue weighted by atomic mass is 10.1. The standard InChI is InChI=1S/C14H24N2/c1-3-4-11-16(12-7-10-15)14-9-6-5-8-13(14)2/h5-6,8-9H,3-4,7,10-12,15H2,1-2H3. The first kappa shape index (κ1) is 13.0. The minimum atomic E-state index is 0.772. The number of para-hydroxylation sites is 1. The molecule has 2 nitrogen and oxygen atoms in total. The maximum atomic E-state index is 5.59. The number of hydrogen-bond donors (Lipinski definition) is 1. The lowest BCUT2D eigenvalue weighted by Crippen LogP contribution is -2.27.